The van der Waals surface area contributed by atoms with Crippen LogP contribution in [-0.4, -0.2) is 28.9 Å². The van der Waals surface area contributed by atoms with Crippen molar-refractivity contribution in [2.75, 3.05) is 6.54 Å². The third-order valence-electron chi connectivity index (χ3n) is 2.02. The van der Waals surface area contributed by atoms with Crippen LogP contribution in [0.1, 0.15) is 31.1 Å². The van der Waals surface area contributed by atoms with Crippen molar-refractivity contribution in [3.8, 4) is 0 Å². The molecule has 0 aliphatic rings. The Bertz CT molecular complexity index is 498. The molecule has 5 nitrogen and oxygen atoms in total. The fourth-order valence-electron chi connectivity index (χ4n) is 1.31. The number of hydrogen-bond donors (Lipinski definition) is 2. The minimum absolute atomic E-state index is 0.320. The van der Waals surface area contributed by atoms with Crippen molar-refractivity contribution in [1.29, 1.82) is 0 Å². The zero-order valence-electron chi connectivity index (χ0n) is 10.9. The molecule has 1 heterocycles. The van der Waals surface area contributed by atoms with Crippen molar-refractivity contribution in [1.82, 2.24) is 15.6 Å². The Morgan fingerprint density at radius 2 is 1.95 bits per heavy atom. The van der Waals surface area contributed by atoms with E-state index in [4.69, 9.17) is 0 Å². The highest BCUT2D eigenvalue weighted by atomic mass is 19.2. The summed E-state index contributed by atoms with van der Waals surface area (Å²) >= 11 is 0. The summed E-state index contributed by atoms with van der Waals surface area (Å²) in [6, 6.07) is 1.04. The van der Waals surface area contributed by atoms with Gasteiger partial charge >= 0.3 is 0 Å². The third-order valence-corrected chi connectivity index (χ3v) is 2.02. The summed E-state index contributed by atoms with van der Waals surface area (Å²) in [6.45, 7) is 5.03. The van der Waals surface area contributed by atoms with Gasteiger partial charge in [-0.1, -0.05) is 0 Å². The predicted octanol–water partition coefficient (Wildman–Crippen LogP) is 1.00. The normalized spacial score (nSPS) is 11.0. The Labute approximate surface area is 109 Å². The number of pyridine rings is 1. The van der Waals surface area contributed by atoms with Crippen molar-refractivity contribution < 1.29 is 18.4 Å². The number of nitrogens with one attached hydrogen (secondary N) is 2. The van der Waals surface area contributed by atoms with E-state index < -0.39 is 34.7 Å². The predicted molar refractivity (Wildman–Crippen MR) is 64.4 cm³/mol. The minimum atomic E-state index is -1.35. The van der Waals surface area contributed by atoms with Gasteiger partial charge in [-0.25, -0.2) is 9.37 Å². The Morgan fingerprint density at radius 1 is 1.32 bits per heavy atom. The van der Waals surface area contributed by atoms with E-state index in [2.05, 4.69) is 15.6 Å². The molecule has 0 atom stereocenters. The van der Waals surface area contributed by atoms with E-state index in [9.17, 15) is 18.4 Å². The van der Waals surface area contributed by atoms with Gasteiger partial charge in [-0.3, -0.25) is 9.59 Å². The number of amides is 2. The first-order chi connectivity index (χ1) is 8.70. The van der Waals surface area contributed by atoms with Gasteiger partial charge in [0.1, 0.15) is 0 Å². The van der Waals surface area contributed by atoms with Crippen molar-refractivity contribution in [2.24, 2.45) is 0 Å². The number of carbonyl (C=O) groups is 2. The molecule has 104 valence electrons. The van der Waals surface area contributed by atoms with Crippen LogP contribution < -0.4 is 10.6 Å². The lowest BCUT2D eigenvalue weighted by Gasteiger charge is -2.20. The van der Waals surface area contributed by atoms with Gasteiger partial charge in [0.05, 0.1) is 12.1 Å². The molecule has 1 rings (SSSR count). The first-order valence-corrected chi connectivity index (χ1v) is 5.60. The van der Waals surface area contributed by atoms with Gasteiger partial charge in [0.25, 0.3) is 5.91 Å². The molecule has 0 aliphatic carbocycles. The van der Waals surface area contributed by atoms with Crippen LogP contribution in [0.15, 0.2) is 12.3 Å². The maximum absolute atomic E-state index is 13.2. The van der Waals surface area contributed by atoms with Crippen molar-refractivity contribution >= 4 is 11.8 Å². The number of halogens is 2. The molecule has 0 radical (unpaired) electrons. The lowest BCUT2D eigenvalue weighted by atomic mass is 10.1. The van der Waals surface area contributed by atoms with Crippen LogP contribution >= 0.6 is 0 Å². The Hall–Kier alpha value is -2.05. The molecule has 0 aromatic carbocycles. The second kappa shape index (κ2) is 5.73. The summed E-state index contributed by atoms with van der Waals surface area (Å²) in [5.41, 5.74) is -0.924. The van der Waals surface area contributed by atoms with E-state index in [0.717, 1.165) is 12.3 Å². The molecular formula is C12H15F2N3O2. The summed E-state index contributed by atoms with van der Waals surface area (Å²) in [5.74, 6) is -3.98. The van der Waals surface area contributed by atoms with Crippen LogP contribution in [0.2, 0.25) is 0 Å². The minimum Gasteiger partial charge on any atom is -0.350 e. The van der Waals surface area contributed by atoms with Gasteiger partial charge in [-0.05, 0) is 26.8 Å². The Kier molecular flexibility index (Phi) is 4.52. The smallest absolute Gasteiger partial charge is 0.254 e. The number of carbonyl (C=O) groups excluding carboxylic acids is 2. The summed E-state index contributed by atoms with van der Waals surface area (Å²) in [4.78, 5) is 26.1. The second-order valence-electron chi connectivity index (χ2n) is 4.94. The van der Waals surface area contributed by atoms with Crippen molar-refractivity contribution in [3.63, 3.8) is 0 Å². The summed E-state index contributed by atoms with van der Waals surface area (Å²) in [6.07, 6.45) is 0.975. The molecule has 0 fully saturated rings. The Morgan fingerprint density at radius 3 is 2.53 bits per heavy atom. The molecule has 1 aromatic rings. The summed E-state index contributed by atoms with van der Waals surface area (Å²) < 4.78 is 26.1. The summed E-state index contributed by atoms with van der Waals surface area (Å²) in [5, 5.41) is 4.82. The lowest BCUT2D eigenvalue weighted by molar-refractivity contribution is -0.121. The highest BCUT2D eigenvalue weighted by Crippen LogP contribution is 2.08. The van der Waals surface area contributed by atoms with E-state index in [1.807, 2.05) is 0 Å². The number of hydrogen-bond acceptors (Lipinski definition) is 3. The van der Waals surface area contributed by atoms with Crippen molar-refractivity contribution in [2.45, 2.75) is 26.3 Å². The standard InChI is InChI=1S/C12H15F2N3O2/c1-12(2,3)17-8(18)6-16-11(19)7-4-5-15-10(14)9(7)13/h4-5H,6H2,1-3H3,(H,16,19)(H,17,18). The largest absolute Gasteiger partial charge is 0.350 e. The number of rotatable bonds is 3. The van der Waals surface area contributed by atoms with E-state index in [1.54, 1.807) is 20.8 Å². The first-order valence-electron chi connectivity index (χ1n) is 5.60. The molecule has 7 heteroatoms. The molecule has 2 N–H and O–H groups in total. The highest BCUT2D eigenvalue weighted by molar-refractivity contribution is 5.96. The molecule has 0 aliphatic heterocycles. The maximum Gasteiger partial charge on any atom is 0.254 e. The van der Waals surface area contributed by atoms with Crippen LogP contribution in [0, 0.1) is 11.8 Å². The summed E-state index contributed by atoms with van der Waals surface area (Å²) in [7, 11) is 0. The van der Waals surface area contributed by atoms with Crippen LogP contribution in [0.5, 0.6) is 0 Å². The average molecular weight is 271 g/mol. The monoisotopic (exact) mass is 271 g/mol. The van der Waals surface area contributed by atoms with Crippen LogP contribution in [0.25, 0.3) is 0 Å². The first kappa shape index (κ1) is 15.0. The zero-order valence-corrected chi connectivity index (χ0v) is 10.9. The molecule has 19 heavy (non-hydrogen) atoms. The number of nitrogens with zero attached hydrogens (tertiary/aromatic N) is 1. The van der Waals surface area contributed by atoms with E-state index >= 15 is 0 Å². The van der Waals surface area contributed by atoms with Gasteiger partial charge in [0.15, 0.2) is 5.82 Å². The van der Waals surface area contributed by atoms with Gasteiger partial charge in [0, 0.05) is 11.7 Å². The quantitative estimate of drug-likeness (QED) is 0.806. The molecule has 0 unspecified atom stereocenters. The molecular weight excluding hydrogens is 256 g/mol. The highest BCUT2D eigenvalue weighted by Gasteiger charge is 2.18. The van der Waals surface area contributed by atoms with E-state index in [1.165, 1.54) is 0 Å². The van der Waals surface area contributed by atoms with Crippen LogP contribution in [0.3, 0.4) is 0 Å². The molecule has 0 saturated heterocycles. The average Bonchev–Trinajstić information content (AvgIpc) is 2.27. The molecule has 1 aromatic heterocycles. The molecule has 0 spiro atoms. The molecule has 0 saturated carbocycles. The van der Waals surface area contributed by atoms with Gasteiger partial charge < -0.3 is 10.6 Å². The van der Waals surface area contributed by atoms with Crippen LogP contribution in [-0.2, 0) is 4.79 Å². The fraction of sp³-hybridized carbons (Fsp3) is 0.417. The van der Waals surface area contributed by atoms with E-state index in [0.29, 0.717) is 0 Å². The molecule has 0 bridgehead atoms. The van der Waals surface area contributed by atoms with Gasteiger partial charge in [0.2, 0.25) is 11.9 Å². The second-order valence-corrected chi connectivity index (χ2v) is 4.94. The van der Waals surface area contributed by atoms with Gasteiger partial charge in [-0.15, -0.1) is 0 Å². The fourth-order valence-corrected chi connectivity index (χ4v) is 1.31. The van der Waals surface area contributed by atoms with Crippen LogP contribution in [0.4, 0.5) is 8.78 Å². The number of aromatic nitrogens is 1. The van der Waals surface area contributed by atoms with Gasteiger partial charge in [-0.2, -0.15) is 4.39 Å². The third kappa shape index (κ3) is 4.61. The van der Waals surface area contributed by atoms with Crippen molar-refractivity contribution in [3.05, 3.63) is 29.6 Å². The zero-order chi connectivity index (χ0) is 14.6. The van der Waals surface area contributed by atoms with E-state index in [-0.39, 0.29) is 6.54 Å². The maximum atomic E-state index is 13.2. The lowest BCUT2D eigenvalue weighted by Crippen LogP contribution is -2.45. The molecule has 2 amide bonds. The SMILES string of the molecule is CC(C)(C)NC(=O)CNC(=O)c1ccnc(F)c1F. The Balaban J connectivity index is 2.61. The topological polar surface area (TPSA) is 71.1 Å².